The average Bonchev–Trinajstić information content (AvgIpc) is 3.15. The lowest BCUT2D eigenvalue weighted by Gasteiger charge is -2.17. The number of carbonyl (C=O) groups excluding carboxylic acids is 2. The standard InChI is InChI=1S/C22H23N3O2/c1-14-9-15(2)11-17(10-14)25-21(26)12-20(22(25)27)23-8-7-16-13-24-19-6-4-3-5-18(16)19/h3-6,9-11,13,20,23-24H,7-8,12H2,1-2H3. The van der Waals surface area contributed by atoms with Crippen molar-refractivity contribution < 1.29 is 9.59 Å². The van der Waals surface area contributed by atoms with Crippen molar-refractivity contribution in [1.82, 2.24) is 10.3 Å². The highest BCUT2D eigenvalue weighted by Gasteiger charge is 2.39. The molecule has 0 bridgehead atoms. The van der Waals surface area contributed by atoms with Crippen LogP contribution in [0, 0.1) is 13.8 Å². The lowest BCUT2D eigenvalue weighted by molar-refractivity contribution is -0.121. The molecule has 5 heteroatoms. The number of nitrogens with one attached hydrogen (secondary N) is 2. The van der Waals surface area contributed by atoms with Gasteiger partial charge in [0.25, 0.3) is 5.91 Å². The van der Waals surface area contributed by atoms with Crippen LogP contribution >= 0.6 is 0 Å². The van der Waals surface area contributed by atoms with Crippen molar-refractivity contribution in [2.75, 3.05) is 11.4 Å². The molecule has 2 N–H and O–H groups in total. The van der Waals surface area contributed by atoms with E-state index in [1.54, 1.807) is 0 Å². The molecule has 0 radical (unpaired) electrons. The van der Waals surface area contributed by atoms with Crippen LogP contribution in [-0.4, -0.2) is 29.4 Å². The van der Waals surface area contributed by atoms with Crippen molar-refractivity contribution in [2.24, 2.45) is 0 Å². The van der Waals surface area contributed by atoms with E-state index in [0.717, 1.165) is 23.1 Å². The molecule has 1 aliphatic heterocycles. The predicted molar refractivity (Wildman–Crippen MR) is 107 cm³/mol. The van der Waals surface area contributed by atoms with E-state index in [-0.39, 0.29) is 18.2 Å². The summed E-state index contributed by atoms with van der Waals surface area (Å²) in [6, 6.07) is 13.5. The lowest BCUT2D eigenvalue weighted by Crippen LogP contribution is -2.39. The molecule has 0 saturated carbocycles. The summed E-state index contributed by atoms with van der Waals surface area (Å²) in [7, 11) is 0. The second-order valence-corrected chi connectivity index (χ2v) is 7.23. The Morgan fingerprint density at radius 2 is 1.85 bits per heavy atom. The number of fused-ring (bicyclic) bond motifs is 1. The summed E-state index contributed by atoms with van der Waals surface area (Å²) in [5.41, 5.74) is 5.08. The number of aryl methyl sites for hydroxylation is 2. The van der Waals surface area contributed by atoms with Crippen LogP contribution in [0.5, 0.6) is 0 Å². The summed E-state index contributed by atoms with van der Waals surface area (Å²) < 4.78 is 0. The molecule has 5 nitrogen and oxygen atoms in total. The van der Waals surface area contributed by atoms with Gasteiger partial charge in [-0.05, 0) is 55.2 Å². The summed E-state index contributed by atoms with van der Waals surface area (Å²) in [5, 5.41) is 4.47. The zero-order chi connectivity index (χ0) is 19.0. The summed E-state index contributed by atoms with van der Waals surface area (Å²) in [6.45, 7) is 4.59. The predicted octanol–water partition coefficient (Wildman–Crippen LogP) is 3.25. The molecule has 138 valence electrons. The Bertz CT molecular complexity index is 1000. The van der Waals surface area contributed by atoms with Gasteiger partial charge in [0, 0.05) is 23.6 Å². The number of imide groups is 1. The van der Waals surface area contributed by atoms with Gasteiger partial charge >= 0.3 is 0 Å². The normalized spacial score (nSPS) is 17.3. The third kappa shape index (κ3) is 3.38. The van der Waals surface area contributed by atoms with Crippen LogP contribution in [0.4, 0.5) is 5.69 Å². The van der Waals surface area contributed by atoms with Crippen molar-refractivity contribution >= 4 is 28.4 Å². The zero-order valence-corrected chi connectivity index (χ0v) is 15.6. The molecule has 27 heavy (non-hydrogen) atoms. The molecule has 1 aliphatic rings. The Morgan fingerprint density at radius 3 is 2.63 bits per heavy atom. The number of amides is 2. The maximum absolute atomic E-state index is 12.8. The number of aromatic amines is 1. The maximum atomic E-state index is 12.8. The Labute approximate surface area is 158 Å². The molecule has 1 saturated heterocycles. The highest BCUT2D eigenvalue weighted by atomic mass is 16.2. The number of anilines is 1. The second-order valence-electron chi connectivity index (χ2n) is 7.23. The smallest absolute Gasteiger partial charge is 0.251 e. The molecule has 2 heterocycles. The first-order valence-electron chi connectivity index (χ1n) is 9.26. The van der Waals surface area contributed by atoms with E-state index in [4.69, 9.17) is 0 Å². The number of aromatic nitrogens is 1. The van der Waals surface area contributed by atoms with E-state index in [1.165, 1.54) is 15.8 Å². The molecule has 3 aromatic rings. The lowest BCUT2D eigenvalue weighted by atomic mass is 10.1. The van der Waals surface area contributed by atoms with Crippen LogP contribution in [-0.2, 0) is 16.0 Å². The van der Waals surface area contributed by atoms with Gasteiger partial charge in [-0.2, -0.15) is 0 Å². The van der Waals surface area contributed by atoms with Gasteiger partial charge in [-0.3, -0.25) is 9.59 Å². The van der Waals surface area contributed by atoms with E-state index in [1.807, 2.05) is 56.4 Å². The minimum atomic E-state index is -0.455. The van der Waals surface area contributed by atoms with Gasteiger partial charge in [0.15, 0.2) is 0 Å². The van der Waals surface area contributed by atoms with Crippen LogP contribution in [0.15, 0.2) is 48.7 Å². The topological polar surface area (TPSA) is 65.2 Å². The third-order valence-electron chi connectivity index (χ3n) is 5.07. The van der Waals surface area contributed by atoms with Gasteiger partial charge in [0.2, 0.25) is 5.91 Å². The van der Waals surface area contributed by atoms with E-state index in [0.29, 0.717) is 12.2 Å². The fraction of sp³-hybridized carbons (Fsp3) is 0.273. The fourth-order valence-electron chi connectivity index (χ4n) is 3.86. The van der Waals surface area contributed by atoms with Crippen LogP contribution in [0.25, 0.3) is 10.9 Å². The van der Waals surface area contributed by atoms with Crippen LogP contribution in [0.2, 0.25) is 0 Å². The molecule has 4 rings (SSSR count). The number of hydrogen-bond donors (Lipinski definition) is 2. The highest BCUT2D eigenvalue weighted by Crippen LogP contribution is 2.25. The van der Waals surface area contributed by atoms with Crippen molar-refractivity contribution in [3.8, 4) is 0 Å². The summed E-state index contributed by atoms with van der Waals surface area (Å²) >= 11 is 0. The number of benzene rings is 2. The van der Waals surface area contributed by atoms with E-state index in [9.17, 15) is 9.59 Å². The minimum Gasteiger partial charge on any atom is -0.361 e. The van der Waals surface area contributed by atoms with Gasteiger partial charge in [0.05, 0.1) is 18.2 Å². The molecular formula is C22H23N3O2. The number of rotatable bonds is 5. The van der Waals surface area contributed by atoms with Crippen molar-refractivity contribution in [1.29, 1.82) is 0 Å². The van der Waals surface area contributed by atoms with Crippen LogP contribution in [0.3, 0.4) is 0 Å². The Kier molecular flexibility index (Phi) is 4.54. The molecule has 1 unspecified atom stereocenters. The SMILES string of the molecule is Cc1cc(C)cc(N2C(=O)CC(NCCc3c[nH]c4ccccc34)C2=O)c1. The molecule has 2 aromatic carbocycles. The Hall–Kier alpha value is -2.92. The van der Waals surface area contributed by atoms with Crippen molar-refractivity contribution in [3.05, 3.63) is 65.4 Å². The minimum absolute atomic E-state index is 0.144. The van der Waals surface area contributed by atoms with Crippen LogP contribution in [0.1, 0.15) is 23.1 Å². The van der Waals surface area contributed by atoms with Crippen LogP contribution < -0.4 is 10.2 Å². The first-order valence-corrected chi connectivity index (χ1v) is 9.26. The molecule has 2 amide bonds. The third-order valence-corrected chi connectivity index (χ3v) is 5.07. The van der Waals surface area contributed by atoms with E-state index >= 15 is 0 Å². The van der Waals surface area contributed by atoms with Gasteiger partial charge in [0.1, 0.15) is 0 Å². The van der Waals surface area contributed by atoms with E-state index in [2.05, 4.69) is 16.4 Å². The largest absolute Gasteiger partial charge is 0.361 e. The van der Waals surface area contributed by atoms with Gasteiger partial charge in [-0.1, -0.05) is 24.3 Å². The number of hydrogen-bond acceptors (Lipinski definition) is 3. The summed E-state index contributed by atoms with van der Waals surface area (Å²) in [6.07, 6.45) is 3.01. The first-order chi connectivity index (χ1) is 13.0. The Morgan fingerprint density at radius 1 is 1.11 bits per heavy atom. The molecule has 1 fully saturated rings. The first kappa shape index (κ1) is 17.5. The zero-order valence-electron chi connectivity index (χ0n) is 15.6. The number of para-hydroxylation sites is 1. The number of nitrogens with zero attached hydrogens (tertiary/aromatic N) is 1. The summed E-state index contributed by atoms with van der Waals surface area (Å²) in [4.78, 5) is 29.8. The fourth-order valence-corrected chi connectivity index (χ4v) is 3.86. The molecule has 1 atom stereocenters. The van der Waals surface area contributed by atoms with E-state index < -0.39 is 6.04 Å². The molecule has 1 aromatic heterocycles. The quantitative estimate of drug-likeness (QED) is 0.686. The highest BCUT2D eigenvalue weighted by molar-refractivity contribution is 6.22. The van der Waals surface area contributed by atoms with Gasteiger partial charge in [-0.25, -0.2) is 4.90 Å². The number of H-pyrrole nitrogens is 1. The average molecular weight is 361 g/mol. The van der Waals surface area contributed by atoms with Crippen molar-refractivity contribution in [3.63, 3.8) is 0 Å². The summed E-state index contributed by atoms with van der Waals surface area (Å²) in [5.74, 6) is -0.307. The molecule has 0 spiro atoms. The second kappa shape index (κ2) is 7.00. The number of carbonyl (C=O) groups is 2. The monoisotopic (exact) mass is 361 g/mol. The Balaban J connectivity index is 1.43. The van der Waals surface area contributed by atoms with Gasteiger partial charge < -0.3 is 10.3 Å². The van der Waals surface area contributed by atoms with Gasteiger partial charge in [-0.15, -0.1) is 0 Å². The molecular weight excluding hydrogens is 338 g/mol. The van der Waals surface area contributed by atoms with Crippen molar-refractivity contribution in [2.45, 2.75) is 32.7 Å². The maximum Gasteiger partial charge on any atom is 0.251 e. The molecule has 0 aliphatic carbocycles.